The third-order valence-corrected chi connectivity index (χ3v) is 6.65. The summed E-state index contributed by atoms with van der Waals surface area (Å²) in [5.74, 6) is 0.902. The zero-order valence-corrected chi connectivity index (χ0v) is 21.2. The number of nitrogens with zero attached hydrogens (tertiary/aromatic N) is 2. The van der Waals surface area contributed by atoms with Crippen LogP contribution in [0.1, 0.15) is 22.6 Å². The number of ether oxygens (including phenoxy) is 1. The lowest BCUT2D eigenvalue weighted by Crippen LogP contribution is -2.12. The zero-order valence-electron chi connectivity index (χ0n) is 20.4. The maximum atomic E-state index is 12.1. The molecule has 1 unspecified atom stereocenters. The van der Waals surface area contributed by atoms with Crippen LogP contribution in [0, 0.1) is 0 Å². The molecule has 180 valence electrons. The average Bonchev–Trinajstić information content (AvgIpc) is 2.86. The van der Waals surface area contributed by atoms with Crippen molar-refractivity contribution in [3.63, 3.8) is 0 Å². The van der Waals surface area contributed by atoms with Crippen molar-refractivity contribution in [3.8, 4) is 11.5 Å². The van der Waals surface area contributed by atoms with Crippen LogP contribution < -0.4 is 14.5 Å². The van der Waals surface area contributed by atoms with E-state index in [4.69, 9.17) is 4.74 Å². The molecule has 0 aromatic heterocycles. The van der Waals surface area contributed by atoms with Gasteiger partial charge in [0.15, 0.2) is 11.1 Å². The Labute approximate surface area is 209 Å². The second kappa shape index (κ2) is 10.8. The van der Waals surface area contributed by atoms with E-state index in [0.717, 1.165) is 28.1 Å². The fourth-order valence-electron chi connectivity index (χ4n) is 4.09. The molecule has 0 saturated carbocycles. The fourth-order valence-corrected chi connectivity index (χ4v) is 4.55. The first-order valence-electron chi connectivity index (χ1n) is 11.4. The van der Waals surface area contributed by atoms with Crippen LogP contribution in [0.25, 0.3) is 0 Å². The second-order valence-corrected chi connectivity index (χ2v) is 9.69. The summed E-state index contributed by atoms with van der Waals surface area (Å²) in [5, 5.41) is 0. The van der Waals surface area contributed by atoms with E-state index >= 15 is 0 Å². The van der Waals surface area contributed by atoms with Crippen LogP contribution in [-0.4, -0.2) is 37.0 Å². The third kappa shape index (κ3) is 5.56. The number of hydrogen-bond acceptors (Lipinski definition) is 4. The highest BCUT2D eigenvalue weighted by molar-refractivity contribution is 7.79. The van der Waals surface area contributed by atoms with E-state index in [9.17, 15) is 8.76 Å². The van der Waals surface area contributed by atoms with Crippen LogP contribution in [0.2, 0.25) is 0 Å². The first-order chi connectivity index (χ1) is 16.8. The highest BCUT2D eigenvalue weighted by Gasteiger charge is 2.23. The molecule has 0 radical (unpaired) electrons. The molecule has 0 aliphatic rings. The lowest BCUT2D eigenvalue weighted by atomic mass is 9.84. The van der Waals surface area contributed by atoms with Gasteiger partial charge in [-0.15, -0.1) is 0 Å². The van der Waals surface area contributed by atoms with Gasteiger partial charge in [-0.3, -0.25) is 0 Å². The van der Waals surface area contributed by atoms with E-state index < -0.39 is 11.1 Å². The van der Waals surface area contributed by atoms with E-state index in [2.05, 4.69) is 35.2 Å². The van der Waals surface area contributed by atoms with E-state index in [1.54, 1.807) is 12.1 Å². The van der Waals surface area contributed by atoms with Crippen LogP contribution in [0.3, 0.4) is 0 Å². The van der Waals surface area contributed by atoms with Gasteiger partial charge in [0.2, 0.25) is 0 Å². The Hall–Kier alpha value is -3.61. The number of benzene rings is 4. The normalized spacial score (nSPS) is 11.8. The molecule has 0 bridgehead atoms. The Morgan fingerprint density at radius 3 is 1.71 bits per heavy atom. The van der Waals surface area contributed by atoms with Gasteiger partial charge in [0.05, 0.1) is 0 Å². The molecule has 0 aliphatic carbocycles. The van der Waals surface area contributed by atoms with Gasteiger partial charge in [0.25, 0.3) is 0 Å². The first kappa shape index (κ1) is 24.5. The molecule has 6 heteroatoms. The van der Waals surface area contributed by atoms with Crippen LogP contribution in [-0.2, 0) is 11.1 Å². The summed E-state index contributed by atoms with van der Waals surface area (Å²) >= 11 is -2.19. The summed E-state index contributed by atoms with van der Waals surface area (Å²) in [7, 11) is 7.86. The molecular weight excluding hydrogens is 456 g/mol. The number of anilines is 2. The van der Waals surface area contributed by atoms with E-state index in [1.807, 2.05) is 87.7 Å². The molecule has 1 atom stereocenters. The lowest BCUT2D eigenvalue weighted by molar-refractivity contribution is 0.459. The third-order valence-electron chi connectivity index (χ3n) is 5.94. The Morgan fingerprint density at radius 1 is 0.686 bits per heavy atom. The molecule has 0 aliphatic heterocycles. The van der Waals surface area contributed by atoms with Gasteiger partial charge in [-0.1, -0.05) is 60.7 Å². The van der Waals surface area contributed by atoms with Gasteiger partial charge in [-0.05, 0) is 41.5 Å². The molecule has 5 nitrogen and oxygen atoms in total. The Morgan fingerprint density at radius 2 is 1.20 bits per heavy atom. The van der Waals surface area contributed by atoms with E-state index in [1.165, 1.54) is 0 Å². The monoisotopic (exact) mass is 486 g/mol. The van der Waals surface area contributed by atoms with Gasteiger partial charge in [0.1, 0.15) is 16.4 Å². The summed E-state index contributed by atoms with van der Waals surface area (Å²) < 4.78 is 28.5. The molecule has 4 aromatic rings. The molecule has 0 saturated heterocycles. The Bertz CT molecular complexity index is 1270. The zero-order chi connectivity index (χ0) is 24.9. The summed E-state index contributed by atoms with van der Waals surface area (Å²) in [4.78, 5) is 4.22. The summed E-state index contributed by atoms with van der Waals surface area (Å²) in [6, 6.07) is 31.9. The molecule has 35 heavy (non-hydrogen) atoms. The van der Waals surface area contributed by atoms with Crippen molar-refractivity contribution in [2.24, 2.45) is 0 Å². The second-order valence-electron chi connectivity index (χ2n) is 8.75. The quantitative estimate of drug-likeness (QED) is 0.232. The van der Waals surface area contributed by atoms with Gasteiger partial charge in [-0.2, -0.15) is 0 Å². The number of hydrogen-bond donors (Lipinski definition) is 1. The van der Waals surface area contributed by atoms with Crippen molar-refractivity contribution in [2.45, 2.75) is 10.8 Å². The fraction of sp³-hybridized carbons (Fsp3) is 0.172. The molecule has 4 aromatic carbocycles. The van der Waals surface area contributed by atoms with Crippen LogP contribution >= 0.6 is 0 Å². The molecule has 1 N–H and O–H groups in total. The smallest absolute Gasteiger partial charge is 0.190 e. The van der Waals surface area contributed by atoms with Crippen molar-refractivity contribution in [1.29, 1.82) is 0 Å². The molecular formula is C29H30N2O3S. The van der Waals surface area contributed by atoms with Gasteiger partial charge in [-0.25, -0.2) is 4.21 Å². The standard InChI is InChI=1S/C29H30N2O3S/c1-30(2)23-15-17-26(34-27-20-24(31(3)4)16-18-28(27)35(32)33)25(19-23)29(21-11-7-5-8-12-21)22-13-9-6-10-14-22/h5-20,29H,1-4H3,(H,32,33). The van der Waals surface area contributed by atoms with Crippen molar-refractivity contribution < 1.29 is 13.5 Å². The van der Waals surface area contributed by atoms with E-state index in [0.29, 0.717) is 11.5 Å². The highest BCUT2D eigenvalue weighted by Crippen LogP contribution is 2.42. The molecule has 0 fully saturated rings. The Kier molecular flexibility index (Phi) is 7.54. The molecule has 0 heterocycles. The van der Waals surface area contributed by atoms with Gasteiger partial charge < -0.3 is 19.1 Å². The van der Waals surface area contributed by atoms with Crippen molar-refractivity contribution >= 4 is 22.5 Å². The summed E-state index contributed by atoms with van der Waals surface area (Å²) in [6.45, 7) is 0. The largest absolute Gasteiger partial charge is 0.456 e. The van der Waals surface area contributed by atoms with Crippen LogP contribution in [0.15, 0.2) is 102 Å². The topological polar surface area (TPSA) is 53.0 Å². The van der Waals surface area contributed by atoms with Gasteiger partial charge >= 0.3 is 0 Å². The average molecular weight is 487 g/mol. The lowest BCUT2D eigenvalue weighted by Gasteiger charge is -2.25. The number of rotatable bonds is 8. The SMILES string of the molecule is CN(C)c1ccc(S(=O)O)c(Oc2ccc(N(C)C)cc2C(c2ccccc2)c2ccccc2)c1. The Balaban J connectivity index is 1.92. The predicted molar refractivity (Wildman–Crippen MR) is 144 cm³/mol. The van der Waals surface area contributed by atoms with Crippen molar-refractivity contribution in [2.75, 3.05) is 38.0 Å². The van der Waals surface area contributed by atoms with Crippen LogP contribution in [0.5, 0.6) is 11.5 Å². The molecule has 0 spiro atoms. The molecule has 4 rings (SSSR count). The van der Waals surface area contributed by atoms with Crippen molar-refractivity contribution in [3.05, 3.63) is 114 Å². The maximum absolute atomic E-state index is 12.1. The van der Waals surface area contributed by atoms with Crippen LogP contribution in [0.4, 0.5) is 11.4 Å². The first-order valence-corrected chi connectivity index (χ1v) is 12.5. The summed E-state index contributed by atoms with van der Waals surface area (Å²) in [6.07, 6.45) is 0. The highest BCUT2D eigenvalue weighted by atomic mass is 32.2. The van der Waals surface area contributed by atoms with Crippen molar-refractivity contribution in [1.82, 2.24) is 0 Å². The van der Waals surface area contributed by atoms with Gasteiger partial charge in [0, 0.05) is 57.1 Å². The predicted octanol–water partition coefficient (Wildman–Crippen LogP) is 6.37. The minimum Gasteiger partial charge on any atom is -0.456 e. The minimum absolute atomic E-state index is 0.0904. The molecule has 0 amide bonds. The minimum atomic E-state index is -2.19. The maximum Gasteiger partial charge on any atom is 0.190 e. The summed E-state index contributed by atoms with van der Waals surface area (Å²) in [5.41, 5.74) is 5.15. The van der Waals surface area contributed by atoms with E-state index in [-0.39, 0.29) is 10.8 Å².